The normalized spacial score (nSPS) is 10.4. The van der Waals surface area contributed by atoms with Gasteiger partial charge >= 0.3 is 0 Å². The quantitative estimate of drug-likeness (QED) is 0.833. The van der Waals surface area contributed by atoms with Crippen LogP contribution in [0.25, 0.3) is 0 Å². The smallest absolute Gasteiger partial charge is 0.0737 e. The van der Waals surface area contributed by atoms with E-state index in [0.717, 1.165) is 12.1 Å². The molecule has 3 nitrogen and oxygen atoms in total. The van der Waals surface area contributed by atoms with Crippen molar-refractivity contribution in [1.29, 1.82) is 0 Å². The lowest BCUT2D eigenvalue weighted by molar-refractivity contribution is -0.367. The largest absolute Gasteiger partial charge is 0.545 e. The number of carboxylic acid groups (broad SMARTS) is 1. The summed E-state index contributed by atoms with van der Waals surface area (Å²) in [4.78, 5) is 10.5. The summed E-state index contributed by atoms with van der Waals surface area (Å²) in [6.07, 6.45) is 1.21. The van der Waals surface area contributed by atoms with Crippen molar-refractivity contribution in [1.82, 2.24) is 0 Å². The lowest BCUT2D eigenvalue weighted by Gasteiger charge is -2.19. The molecule has 1 aromatic rings. The van der Waals surface area contributed by atoms with Crippen LogP contribution >= 0.6 is 0 Å². The van der Waals surface area contributed by atoms with Crippen LogP contribution in [0.1, 0.15) is 50.0 Å². The van der Waals surface area contributed by atoms with Crippen LogP contribution in [0, 0.1) is 0 Å². The fraction of sp³-hybridized carbons (Fsp3) is 0.500. The van der Waals surface area contributed by atoms with Crippen LogP contribution in [0.2, 0.25) is 0 Å². The highest BCUT2D eigenvalue weighted by Crippen LogP contribution is 2.21. The van der Waals surface area contributed by atoms with Crippen LogP contribution in [0.4, 0.5) is 0 Å². The maximum atomic E-state index is 10.5. The minimum Gasteiger partial charge on any atom is -0.545 e. The zero-order valence-electron chi connectivity index (χ0n) is 11.2. The number of benzene rings is 1. The Balaban J connectivity index is 0.000000557. The van der Waals surface area contributed by atoms with E-state index < -0.39 is 5.97 Å². The molecule has 17 heavy (non-hydrogen) atoms. The van der Waals surface area contributed by atoms with E-state index in [1.807, 2.05) is 12.1 Å². The van der Waals surface area contributed by atoms with Gasteiger partial charge in [-0.1, -0.05) is 52.0 Å². The molecule has 0 saturated heterocycles. The topological polar surface area (TPSA) is 67.8 Å². The van der Waals surface area contributed by atoms with E-state index in [2.05, 4.69) is 33.4 Å². The highest BCUT2D eigenvalue weighted by molar-refractivity contribution is 5.85. The van der Waals surface area contributed by atoms with Crippen LogP contribution in [-0.4, -0.2) is 12.5 Å². The summed E-state index contributed by atoms with van der Waals surface area (Å²) in [5, 5.41) is 10.5. The van der Waals surface area contributed by atoms with E-state index in [-0.39, 0.29) is 11.0 Å². The van der Waals surface area contributed by atoms with Gasteiger partial charge < -0.3 is 15.6 Å². The Kier molecular flexibility index (Phi) is 6.51. The van der Waals surface area contributed by atoms with Gasteiger partial charge in [-0.2, -0.15) is 0 Å². The van der Waals surface area contributed by atoms with Crippen molar-refractivity contribution in [2.75, 3.05) is 6.54 Å². The molecule has 1 aromatic carbocycles. The summed E-state index contributed by atoms with van der Waals surface area (Å²) in [6.45, 7) is 9.44. The molecule has 0 aliphatic heterocycles. The molecule has 0 atom stereocenters. The number of hydrogen-bond donors (Lipinski definition) is 1. The summed E-state index contributed by atoms with van der Waals surface area (Å²) in [6, 6.07) is 6.81. The molecule has 0 saturated carbocycles. The maximum absolute atomic E-state index is 10.5. The summed E-state index contributed by atoms with van der Waals surface area (Å²) < 4.78 is 0. The number of rotatable bonds is 2. The second-order valence-corrected chi connectivity index (χ2v) is 4.97. The van der Waals surface area contributed by atoms with Crippen molar-refractivity contribution in [2.24, 2.45) is 0 Å². The third kappa shape index (κ3) is 6.07. The fourth-order valence-electron chi connectivity index (χ4n) is 1.11. The van der Waals surface area contributed by atoms with Crippen molar-refractivity contribution >= 4 is 5.97 Å². The van der Waals surface area contributed by atoms with Gasteiger partial charge in [0.1, 0.15) is 0 Å². The molecular formula is C14H23NO2. The van der Waals surface area contributed by atoms with Crippen LogP contribution < -0.4 is 10.8 Å². The Hall–Kier alpha value is -1.35. The van der Waals surface area contributed by atoms with E-state index in [9.17, 15) is 9.90 Å². The zero-order valence-corrected chi connectivity index (χ0v) is 11.2. The fourth-order valence-corrected chi connectivity index (χ4v) is 1.11. The Labute approximate surface area is 104 Å². The zero-order chi connectivity index (χ0) is 13.5. The molecule has 1 rings (SSSR count). The second-order valence-electron chi connectivity index (χ2n) is 4.97. The predicted molar refractivity (Wildman–Crippen MR) is 67.5 cm³/mol. The van der Waals surface area contributed by atoms with Gasteiger partial charge in [0.05, 0.1) is 12.5 Å². The maximum Gasteiger partial charge on any atom is 0.0737 e. The van der Waals surface area contributed by atoms with Crippen LogP contribution in [0.15, 0.2) is 24.3 Å². The first-order valence-corrected chi connectivity index (χ1v) is 5.94. The Morgan fingerprint density at radius 2 is 1.65 bits per heavy atom. The van der Waals surface area contributed by atoms with Crippen LogP contribution in [0.3, 0.4) is 0 Å². The molecule has 0 aliphatic carbocycles. The summed E-state index contributed by atoms with van der Waals surface area (Å²) in [5.41, 5.74) is 5.02. The lowest BCUT2D eigenvalue weighted by Crippen LogP contribution is -2.49. The molecule has 0 aromatic heterocycles. The number of carbonyl (C=O) groups is 1. The van der Waals surface area contributed by atoms with Crippen LogP contribution in [0.5, 0.6) is 0 Å². The van der Waals surface area contributed by atoms with Gasteiger partial charge in [0.15, 0.2) is 0 Å². The number of carboxylic acids is 1. The molecule has 0 aliphatic rings. The van der Waals surface area contributed by atoms with E-state index in [0.29, 0.717) is 0 Å². The Morgan fingerprint density at radius 3 is 1.88 bits per heavy atom. The van der Waals surface area contributed by atoms with Crippen molar-refractivity contribution in [3.63, 3.8) is 0 Å². The molecular weight excluding hydrogens is 214 g/mol. The van der Waals surface area contributed by atoms with Gasteiger partial charge in [0.25, 0.3) is 0 Å². The van der Waals surface area contributed by atoms with Gasteiger partial charge in [-0.3, -0.25) is 0 Å². The standard InChI is InChI=1S/C11H14O2.C3H9N/c1-11(2,3)9-6-4-8(5-7-9)10(12)13;1-2-3-4/h4-7H,1-3H3,(H,12,13);2-4H2,1H3. The molecule has 0 fully saturated rings. The summed E-state index contributed by atoms with van der Waals surface area (Å²) >= 11 is 0. The minimum absolute atomic E-state index is 0.0600. The third-order valence-corrected chi connectivity index (χ3v) is 2.34. The van der Waals surface area contributed by atoms with Gasteiger partial charge in [-0.25, -0.2) is 0 Å². The van der Waals surface area contributed by atoms with E-state index in [1.165, 1.54) is 6.42 Å². The average Bonchev–Trinajstić information content (AvgIpc) is 2.28. The van der Waals surface area contributed by atoms with Crippen molar-refractivity contribution in [2.45, 2.75) is 39.5 Å². The van der Waals surface area contributed by atoms with Gasteiger partial charge in [-0.05, 0) is 23.0 Å². The molecule has 3 N–H and O–H groups in total. The lowest BCUT2D eigenvalue weighted by atomic mass is 9.87. The Bertz CT molecular complexity index is 334. The van der Waals surface area contributed by atoms with Gasteiger partial charge in [0.2, 0.25) is 0 Å². The highest BCUT2D eigenvalue weighted by atomic mass is 16.4. The van der Waals surface area contributed by atoms with E-state index in [1.54, 1.807) is 12.1 Å². The first-order chi connectivity index (χ1) is 7.82. The third-order valence-electron chi connectivity index (χ3n) is 2.34. The van der Waals surface area contributed by atoms with Crippen LogP contribution in [-0.2, 0) is 5.41 Å². The first-order valence-electron chi connectivity index (χ1n) is 5.94. The first kappa shape index (κ1) is 15.7. The van der Waals surface area contributed by atoms with Gasteiger partial charge in [0, 0.05) is 0 Å². The predicted octanol–water partition coefficient (Wildman–Crippen LogP) is 0.986. The SMILES string of the molecule is CC(C)(C)c1ccc(C(=O)[O-])cc1.CCC[NH3+]. The molecule has 3 heteroatoms. The monoisotopic (exact) mass is 237 g/mol. The number of carbonyl (C=O) groups excluding carboxylic acids is 1. The van der Waals surface area contributed by atoms with Gasteiger partial charge in [-0.15, -0.1) is 0 Å². The molecule has 96 valence electrons. The van der Waals surface area contributed by atoms with E-state index >= 15 is 0 Å². The molecule has 0 unspecified atom stereocenters. The second kappa shape index (κ2) is 7.07. The summed E-state index contributed by atoms with van der Waals surface area (Å²) in [7, 11) is 0. The Morgan fingerprint density at radius 1 is 1.24 bits per heavy atom. The molecule has 0 radical (unpaired) electrons. The molecule has 0 amide bonds. The average molecular weight is 237 g/mol. The van der Waals surface area contributed by atoms with E-state index in [4.69, 9.17) is 0 Å². The molecule has 0 spiro atoms. The molecule has 0 heterocycles. The highest BCUT2D eigenvalue weighted by Gasteiger charge is 2.12. The minimum atomic E-state index is -1.12. The van der Waals surface area contributed by atoms with Crippen molar-refractivity contribution in [3.8, 4) is 0 Å². The summed E-state index contributed by atoms with van der Waals surface area (Å²) in [5.74, 6) is -1.12. The van der Waals surface area contributed by atoms with Crippen molar-refractivity contribution < 1.29 is 15.6 Å². The number of quaternary nitrogens is 1. The number of hydrogen-bond acceptors (Lipinski definition) is 2. The van der Waals surface area contributed by atoms with Crippen molar-refractivity contribution in [3.05, 3.63) is 35.4 Å². The molecule has 0 bridgehead atoms. The number of aromatic carboxylic acids is 1.